The third-order valence-electron chi connectivity index (χ3n) is 4.86. The smallest absolute Gasteiger partial charge is 0.270 e. The van der Waals surface area contributed by atoms with Gasteiger partial charge < -0.3 is 5.32 Å². The van der Waals surface area contributed by atoms with Gasteiger partial charge >= 0.3 is 0 Å². The predicted octanol–water partition coefficient (Wildman–Crippen LogP) is 3.29. The number of non-ortho nitro benzene ring substituents is 1. The van der Waals surface area contributed by atoms with Gasteiger partial charge in [0.15, 0.2) is 17.4 Å². The van der Waals surface area contributed by atoms with Gasteiger partial charge in [-0.05, 0) is 31.2 Å². The van der Waals surface area contributed by atoms with Crippen molar-refractivity contribution in [3.63, 3.8) is 0 Å². The number of Topliss-reactive ketones (excluding diaryl/α,β-unsaturated/α-hetero) is 1. The van der Waals surface area contributed by atoms with E-state index in [2.05, 4.69) is 11.9 Å². The van der Waals surface area contributed by atoms with E-state index >= 15 is 0 Å². The molecule has 1 aromatic heterocycles. The molecule has 0 spiro atoms. The molecule has 1 heterocycles. The van der Waals surface area contributed by atoms with E-state index in [0.717, 1.165) is 19.3 Å². The highest BCUT2D eigenvalue weighted by Crippen LogP contribution is 2.21. The molecule has 0 fully saturated rings. The summed E-state index contributed by atoms with van der Waals surface area (Å²) in [7, 11) is 0. The van der Waals surface area contributed by atoms with Crippen molar-refractivity contribution in [2.75, 3.05) is 6.54 Å². The molecule has 1 aliphatic carbocycles. The minimum Gasteiger partial charge on any atom is -0.370 e. The van der Waals surface area contributed by atoms with Gasteiger partial charge in [0.2, 0.25) is 5.78 Å². The van der Waals surface area contributed by atoms with E-state index in [-0.39, 0.29) is 17.0 Å². The van der Waals surface area contributed by atoms with Crippen molar-refractivity contribution in [3.8, 4) is 0 Å². The Bertz CT molecular complexity index is 942. The number of fused-ring (bicyclic) bond motifs is 1. The van der Waals surface area contributed by atoms with Gasteiger partial charge in [-0.15, -0.1) is 6.58 Å². The minimum absolute atomic E-state index is 0.120. The van der Waals surface area contributed by atoms with Crippen LogP contribution in [0.5, 0.6) is 0 Å². The van der Waals surface area contributed by atoms with Gasteiger partial charge in [-0.2, -0.15) is 4.57 Å². The number of ketones is 1. The number of aromatic nitrogens is 1. The molecule has 1 N–H and O–H groups in total. The van der Waals surface area contributed by atoms with Crippen LogP contribution in [0.4, 0.5) is 5.69 Å². The largest absolute Gasteiger partial charge is 0.370 e. The molecule has 0 amide bonds. The topological polar surface area (TPSA) is 76.1 Å². The van der Waals surface area contributed by atoms with E-state index < -0.39 is 11.0 Å². The van der Waals surface area contributed by atoms with Crippen LogP contribution >= 0.6 is 12.2 Å². The summed E-state index contributed by atoms with van der Waals surface area (Å²) in [5, 5.41) is 14.1. The molecular formula is C21H22N3O3S+. The summed E-state index contributed by atoms with van der Waals surface area (Å²) in [4.78, 5) is 24.2. The maximum absolute atomic E-state index is 13.3. The van der Waals surface area contributed by atoms with Crippen LogP contribution in [0.3, 0.4) is 0 Å². The number of rotatable bonds is 7. The molecule has 0 saturated carbocycles. The number of nitro groups is 1. The fourth-order valence-corrected chi connectivity index (χ4v) is 3.75. The number of carbonyl (C=O) groups is 1. The second-order valence-electron chi connectivity index (χ2n) is 6.76. The lowest BCUT2D eigenvalue weighted by atomic mass is 9.93. The van der Waals surface area contributed by atoms with Crippen LogP contribution in [0.1, 0.15) is 40.4 Å². The molecule has 1 unspecified atom stereocenters. The molecule has 2 aromatic rings. The first-order valence-electron chi connectivity index (χ1n) is 9.21. The number of benzene rings is 1. The van der Waals surface area contributed by atoms with Crippen LogP contribution in [-0.2, 0) is 12.8 Å². The van der Waals surface area contributed by atoms with E-state index in [1.54, 1.807) is 12.1 Å². The Kier molecular flexibility index (Phi) is 6.26. The van der Waals surface area contributed by atoms with E-state index in [1.807, 2.05) is 23.0 Å². The van der Waals surface area contributed by atoms with E-state index in [0.29, 0.717) is 11.5 Å². The number of carbonyl (C=O) groups excluding carboxylic acids is 1. The SMILES string of the molecule is C=CCNC(=S)C(C(=O)c1cccc([N+](=O)[O-])c1)[n+]1ccc2c(c1)CCCC2. The number of aryl methyl sites for hydroxylation is 2. The van der Waals surface area contributed by atoms with Gasteiger partial charge in [-0.25, -0.2) is 0 Å². The number of nitrogens with zero attached hydrogens (tertiary/aromatic N) is 2. The molecule has 144 valence electrons. The Morgan fingerprint density at radius 1 is 1.32 bits per heavy atom. The van der Waals surface area contributed by atoms with Gasteiger partial charge in [0.05, 0.1) is 4.92 Å². The average molecular weight is 396 g/mol. The first-order valence-corrected chi connectivity index (χ1v) is 9.62. The summed E-state index contributed by atoms with van der Waals surface area (Å²) in [5.41, 5.74) is 2.66. The molecule has 0 radical (unpaired) electrons. The third-order valence-corrected chi connectivity index (χ3v) is 5.23. The first-order chi connectivity index (χ1) is 13.5. The first kappa shape index (κ1) is 19.8. The Morgan fingerprint density at radius 3 is 2.79 bits per heavy atom. The van der Waals surface area contributed by atoms with Gasteiger partial charge in [0, 0.05) is 35.9 Å². The summed E-state index contributed by atoms with van der Waals surface area (Å²) in [6.45, 7) is 4.10. The van der Waals surface area contributed by atoms with Gasteiger partial charge in [0.1, 0.15) is 0 Å². The van der Waals surface area contributed by atoms with Crippen molar-refractivity contribution in [1.29, 1.82) is 0 Å². The maximum Gasteiger partial charge on any atom is 0.270 e. The number of pyridine rings is 1. The lowest BCUT2D eigenvalue weighted by Gasteiger charge is -2.17. The Hall–Kier alpha value is -2.93. The minimum atomic E-state index is -0.774. The summed E-state index contributed by atoms with van der Waals surface area (Å²) in [5.74, 6) is -0.286. The van der Waals surface area contributed by atoms with Crippen LogP contribution < -0.4 is 9.88 Å². The monoisotopic (exact) mass is 396 g/mol. The molecule has 1 aromatic carbocycles. The quantitative estimate of drug-likeness (QED) is 0.194. The number of nitro benzene ring substituents is 1. The van der Waals surface area contributed by atoms with Crippen molar-refractivity contribution in [3.05, 3.63) is 82.2 Å². The predicted molar refractivity (Wildman–Crippen MR) is 111 cm³/mol. The third kappa shape index (κ3) is 4.31. The Balaban J connectivity index is 2.00. The molecular weight excluding hydrogens is 374 g/mol. The van der Waals surface area contributed by atoms with Crippen LogP contribution in [0, 0.1) is 10.1 Å². The summed E-state index contributed by atoms with van der Waals surface area (Å²) >= 11 is 5.50. The van der Waals surface area contributed by atoms with Crippen molar-refractivity contribution in [2.24, 2.45) is 0 Å². The van der Waals surface area contributed by atoms with Crippen molar-refractivity contribution in [1.82, 2.24) is 5.32 Å². The molecule has 7 heteroatoms. The molecule has 1 aliphatic rings. The number of hydrogen-bond donors (Lipinski definition) is 1. The molecule has 0 saturated heterocycles. The van der Waals surface area contributed by atoms with E-state index in [1.165, 1.54) is 35.7 Å². The fraction of sp³-hybridized carbons (Fsp3) is 0.286. The Morgan fingerprint density at radius 2 is 2.07 bits per heavy atom. The molecule has 1 atom stereocenters. The van der Waals surface area contributed by atoms with Gasteiger partial charge in [-0.1, -0.05) is 30.4 Å². The standard InChI is InChI=1S/C21H21N3O3S/c1-2-11-22-21(28)19(20(25)16-8-5-9-18(13-16)24(26)27)23-12-10-15-6-3-4-7-17(15)14-23/h2,5,8-10,12-14,19H,1,3-4,6-7,11H2/p+1. The van der Waals surface area contributed by atoms with Crippen LogP contribution in [0.2, 0.25) is 0 Å². The highest BCUT2D eigenvalue weighted by molar-refractivity contribution is 7.80. The number of hydrogen-bond acceptors (Lipinski definition) is 4. The highest BCUT2D eigenvalue weighted by atomic mass is 32.1. The highest BCUT2D eigenvalue weighted by Gasteiger charge is 2.34. The lowest BCUT2D eigenvalue weighted by molar-refractivity contribution is -0.692. The summed E-state index contributed by atoms with van der Waals surface area (Å²) < 4.78 is 1.81. The Labute approximate surface area is 169 Å². The zero-order valence-electron chi connectivity index (χ0n) is 15.5. The van der Waals surface area contributed by atoms with E-state index in [9.17, 15) is 14.9 Å². The maximum atomic E-state index is 13.3. The normalized spacial score (nSPS) is 13.9. The lowest BCUT2D eigenvalue weighted by Crippen LogP contribution is -2.51. The van der Waals surface area contributed by atoms with Crippen LogP contribution in [0.25, 0.3) is 0 Å². The fourth-order valence-electron chi connectivity index (χ4n) is 3.44. The number of thiocarbonyl (C=S) groups is 1. The molecule has 0 aliphatic heterocycles. The van der Waals surface area contributed by atoms with Crippen LogP contribution in [-0.4, -0.2) is 22.2 Å². The zero-order chi connectivity index (χ0) is 20.1. The second kappa shape index (κ2) is 8.84. The molecule has 28 heavy (non-hydrogen) atoms. The average Bonchev–Trinajstić information content (AvgIpc) is 2.72. The van der Waals surface area contributed by atoms with Crippen molar-refractivity contribution >= 4 is 28.7 Å². The van der Waals surface area contributed by atoms with Gasteiger partial charge in [0.25, 0.3) is 11.7 Å². The van der Waals surface area contributed by atoms with Gasteiger partial charge in [-0.3, -0.25) is 14.9 Å². The van der Waals surface area contributed by atoms with Crippen molar-refractivity contribution in [2.45, 2.75) is 31.7 Å². The molecule has 0 bridgehead atoms. The van der Waals surface area contributed by atoms with E-state index in [4.69, 9.17) is 12.2 Å². The number of nitrogens with one attached hydrogen (secondary N) is 1. The molecule has 6 nitrogen and oxygen atoms in total. The van der Waals surface area contributed by atoms with Crippen molar-refractivity contribution < 1.29 is 14.3 Å². The van der Waals surface area contributed by atoms with Crippen LogP contribution in [0.15, 0.2) is 55.4 Å². The summed E-state index contributed by atoms with van der Waals surface area (Å²) in [6, 6.07) is 7.02. The zero-order valence-corrected chi connectivity index (χ0v) is 16.3. The second-order valence-corrected chi connectivity index (χ2v) is 7.20. The summed E-state index contributed by atoms with van der Waals surface area (Å²) in [6.07, 6.45) is 9.83. The molecule has 3 rings (SSSR count).